The first-order valence-electron chi connectivity index (χ1n) is 6.76. The molecule has 1 aliphatic rings. The first-order valence-corrected chi connectivity index (χ1v) is 6.76. The van der Waals surface area contributed by atoms with E-state index in [9.17, 15) is 9.59 Å². The molecule has 1 aliphatic heterocycles. The van der Waals surface area contributed by atoms with Gasteiger partial charge in [-0.3, -0.25) is 9.59 Å². The molecular formula is C14H18N2O6. The highest BCUT2D eigenvalue weighted by Crippen LogP contribution is 2.23. The Balaban J connectivity index is 2.26. The molecule has 1 saturated heterocycles. The number of nitrogens with zero attached hydrogens (tertiary/aromatic N) is 2. The van der Waals surface area contributed by atoms with E-state index in [1.54, 1.807) is 12.1 Å². The molecule has 0 saturated carbocycles. The summed E-state index contributed by atoms with van der Waals surface area (Å²) in [7, 11) is 2.88. The van der Waals surface area contributed by atoms with Gasteiger partial charge >= 0.3 is 5.97 Å². The molecule has 1 fully saturated rings. The van der Waals surface area contributed by atoms with E-state index in [1.165, 1.54) is 19.1 Å². The minimum Gasteiger partial charge on any atom is -0.481 e. The van der Waals surface area contributed by atoms with Crippen LogP contribution in [0.25, 0.3) is 0 Å². The molecule has 0 radical (unpaired) electrons. The van der Waals surface area contributed by atoms with Crippen LogP contribution in [0, 0.1) is 0 Å². The van der Waals surface area contributed by atoms with Crippen LogP contribution in [0.5, 0.6) is 11.8 Å². The highest BCUT2D eigenvalue weighted by molar-refractivity contribution is 5.97. The Morgan fingerprint density at radius 3 is 2.82 bits per heavy atom. The summed E-state index contributed by atoms with van der Waals surface area (Å²) in [6.45, 7) is 0.893. The zero-order valence-corrected chi connectivity index (χ0v) is 12.4. The summed E-state index contributed by atoms with van der Waals surface area (Å²) in [4.78, 5) is 29.2. The van der Waals surface area contributed by atoms with E-state index in [0.717, 1.165) is 0 Å². The topological polar surface area (TPSA) is 98.2 Å². The second kappa shape index (κ2) is 7.08. The summed E-state index contributed by atoms with van der Waals surface area (Å²) in [6, 6.07) is 2.61. The zero-order valence-electron chi connectivity index (χ0n) is 12.4. The normalized spacial score (nSPS) is 17.9. The van der Waals surface area contributed by atoms with Crippen molar-refractivity contribution >= 4 is 11.9 Å². The Kier molecular flexibility index (Phi) is 5.16. The van der Waals surface area contributed by atoms with Gasteiger partial charge in [0.1, 0.15) is 5.56 Å². The molecule has 0 aromatic carbocycles. The van der Waals surface area contributed by atoms with Gasteiger partial charge in [-0.15, -0.1) is 0 Å². The summed E-state index contributed by atoms with van der Waals surface area (Å²) in [5.74, 6) is -0.836. The molecule has 8 nitrogen and oxygen atoms in total. The van der Waals surface area contributed by atoms with Crippen LogP contribution in [0.1, 0.15) is 16.8 Å². The predicted octanol–water partition coefficient (Wildman–Crippen LogP) is 0.414. The number of carbonyl (C=O) groups excluding carboxylic acids is 1. The van der Waals surface area contributed by atoms with Gasteiger partial charge in [0, 0.05) is 12.6 Å². The van der Waals surface area contributed by atoms with E-state index in [-0.39, 0.29) is 30.4 Å². The number of carbonyl (C=O) groups is 2. The molecule has 0 bridgehead atoms. The number of carboxylic acid groups (broad SMARTS) is 1. The summed E-state index contributed by atoms with van der Waals surface area (Å²) in [5.41, 5.74) is 0.264. The molecule has 1 unspecified atom stereocenters. The molecule has 1 amide bonds. The Labute approximate surface area is 127 Å². The van der Waals surface area contributed by atoms with Gasteiger partial charge in [0.15, 0.2) is 0 Å². The number of aliphatic carboxylic acids is 1. The van der Waals surface area contributed by atoms with Crippen molar-refractivity contribution in [1.82, 2.24) is 9.88 Å². The van der Waals surface area contributed by atoms with Gasteiger partial charge in [0.05, 0.1) is 39.9 Å². The number of aromatic nitrogens is 1. The molecule has 1 N–H and O–H groups in total. The molecule has 1 aromatic rings. The highest BCUT2D eigenvalue weighted by Gasteiger charge is 2.31. The maximum atomic E-state index is 12.7. The van der Waals surface area contributed by atoms with E-state index >= 15 is 0 Å². The van der Waals surface area contributed by atoms with Gasteiger partial charge < -0.3 is 24.2 Å². The van der Waals surface area contributed by atoms with Crippen molar-refractivity contribution in [2.24, 2.45) is 0 Å². The van der Waals surface area contributed by atoms with Crippen molar-refractivity contribution < 1.29 is 28.9 Å². The minimum absolute atomic E-state index is 0.143. The fourth-order valence-electron chi connectivity index (χ4n) is 2.30. The average Bonchev–Trinajstić information content (AvgIpc) is 2.53. The third kappa shape index (κ3) is 3.45. The molecule has 0 spiro atoms. The zero-order chi connectivity index (χ0) is 16.1. The number of hydrogen-bond acceptors (Lipinski definition) is 6. The van der Waals surface area contributed by atoms with Crippen LogP contribution < -0.4 is 9.47 Å². The average molecular weight is 310 g/mol. The van der Waals surface area contributed by atoms with Crippen molar-refractivity contribution in [3.05, 3.63) is 17.7 Å². The first-order chi connectivity index (χ1) is 10.6. The molecule has 1 aromatic heterocycles. The quantitative estimate of drug-likeness (QED) is 0.841. The Morgan fingerprint density at radius 1 is 1.41 bits per heavy atom. The van der Waals surface area contributed by atoms with E-state index in [2.05, 4.69) is 4.98 Å². The van der Waals surface area contributed by atoms with Crippen LogP contribution in [-0.4, -0.2) is 66.9 Å². The van der Waals surface area contributed by atoms with Gasteiger partial charge in [0.25, 0.3) is 5.91 Å². The van der Waals surface area contributed by atoms with Crippen LogP contribution in [-0.2, 0) is 9.53 Å². The Morgan fingerprint density at radius 2 is 2.18 bits per heavy atom. The Bertz CT molecular complexity index is 562. The van der Waals surface area contributed by atoms with Crippen LogP contribution >= 0.6 is 0 Å². The molecule has 1 atom stereocenters. The predicted molar refractivity (Wildman–Crippen MR) is 75.2 cm³/mol. The number of ether oxygens (including phenoxy) is 3. The van der Waals surface area contributed by atoms with Crippen molar-refractivity contribution in [2.45, 2.75) is 12.5 Å². The van der Waals surface area contributed by atoms with E-state index in [1.807, 2.05) is 0 Å². The van der Waals surface area contributed by atoms with Crippen molar-refractivity contribution in [3.63, 3.8) is 0 Å². The highest BCUT2D eigenvalue weighted by atomic mass is 16.5. The van der Waals surface area contributed by atoms with E-state index < -0.39 is 12.0 Å². The summed E-state index contributed by atoms with van der Waals surface area (Å²) < 4.78 is 15.4. The second-order valence-electron chi connectivity index (χ2n) is 4.74. The third-order valence-corrected chi connectivity index (χ3v) is 3.37. The molecule has 0 aliphatic carbocycles. The van der Waals surface area contributed by atoms with E-state index in [4.69, 9.17) is 19.3 Å². The van der Waals surface area contributed by atoms with Crippen molar-refractivity contribution in [1.29, 1.82) is 0 Å². The number of amides is 1. The minimum atomic E-state index is -0.979. The lowest BCUT2D eigenvalue weighted by Crippen LogP contribution is -2.49. The number of hydrogen-bond donors (Lipinski definition) is 1. The summed E-state index contributed by atoms with van der Waals surface area (Å²) in [5, 5.41) is 8.96. The molecule has 120 valence electrons. The lowest BCUT2D eigenvalue weighted by Gasteiger charge is -2.35. The Hall–Kier alpha value is -2.35. The molecule has 8 heteroatoms. The van der Waals surface area contributed by atoms with Crippen LogP contribution in [0.2, 0.25) is 0 Å². The van der Waals surface area contributed by atoms with Gasteiger partial charge in [0.2, 0.25) is 11.8 Å². The number of pyridine rings is 1. The largest absolute Gasteiger partial charge is 0.481 e. The standard InChI is InChI=1S/C14H18N2O6/c1-20-11-4-3-10(13(15-11)21-2)14(19)16-5-6-22-8-9(16)7-12(17)18/h3-4,9H,5-8H2,1-2H3,(H,17,18). The smallest absolute Gasteiger partial charge is 0.305 e. The van der Waals surface area contributed by atoms with Crippen LogP contribution in [0.4, 0.5) is 0 Å². The van der Waals surface area contributed by atoms with Gasteiger partial charge in [-0.2, -0.15) is 4.98 Å². The first kappa shape index (κ1) is 16.0. The molecule has 2 heterocycles. The van der Waals surface area contributed by atoms with Gasteiger partial charge in [-0.05, 0) is 6.07 Å². The lowest BCUT2D eigenvalue weighted by atomic mass is 10.1. The van der Waals surface area contributed by atoms with Crippen LogP contribution in [0.15, 0.2) is 12.1 Å². The molecule has 22 heavy (non-hydrogen) atoms. The maximum absolute atomic E-state index is 12.7. The number of morpholine rings is 1. The van der Waals surface area contributed by atoms with Gasteiger partial charge in [-0.1, -0.05) is 0 Å². The molecule has 2 rings (SSSR count). The summed E-state index contributed by atoms with van der Waals surface area (Å²) in [6.07, 6.45) is -0.169. The number of carboxylic acids is 1. The second-order valence-corrected chi connectivity index (χ2v) is 4.74. The number of methoxy groups -OCH3 is 2. The fraction of sp³-hybridized carbons (Fsp3) is 0.500. The SMILES string of the molecule is COc1ccc(C(=O)N2CCOCC2CC(=O)O)c(OC)n1. The van der Waals surface area contributed by atoms with Crippen molar-refractivity contribution in [3.8, 4) is 11.8 Å². The van der Waals surface area contributed by atoms with Crippen molar-refractivity contribution in [2.75, 3.05) is 34.0 Å². The number of rotatable bonds is 5. The van der Waals surface area contributed by atoms with Crippen LogP contribution in [0.3, 0.4) is 0 Å². The third-order valence-electron chi connectivity index (χ3n) is 3.37. The monoisotopic (exact) mass is 310 g/mol. The van der Waals surface area contributed by atoms with E-state index in [0.29, 0.717) is 19.0 Å². The fourth-order valence-corrected chi connectivity index (χ4v) is 2.30. The molecular weight excluding hydrogens is 292 g/mol. The lowest BCUT2D eigenvalue weighted by molar-refractivity contribution is -0.139. The maximum Gasteiger partial charge on any atom is 0.305 e. The summed E-state index contributed by atoms with van der Waals surface area (Å²) >= 11 is 0. The van der Waals surface area contributed by atoms with Gasteiger partial charge in [-0.25, -0.2) is 0 Å².